The quantitative estimate of drug-likeness (QED) is 0.423. The highest BCUT2D eigenvalue weighted by molar-refractivity contribution is 6.42. The van der Waals surface area contributed by atoms with Crippen molar-refractivity contribution in [3.8, 4) is 0 Å². The topological polar surface area (TPSA) is 99.7 Å². The molecule has 0 fully saturated rings. The van der Waals surface area contributed by atoms with E-state index in [4.69, 9.17) is 23.2 Å². The number of hydrogen-bond acceptors (Lipinski definition) is 4. The molecule has 0 saturated carbocycles. The van der Waals surface area contributed by atoms with Gasteiger partial charge in [-0.25, -0.2) is 5.43 Å². The molecule has 0 unspecified atom stereocenters. The van der Waals surface area contributed by atoms with Crippen LogP contribution < -0.4 is 16.1 Å². The molecule has 0 bridgehead atoms. The van der Waals surface area contributed by atoms with Crippen LogP contribution in [0.1, 0.15) is 12.5 Å². The van der Waals surface area contributed by atoms with Gasteiger partial charge in [-0.1, -0.05) is 29.3 Å². The number of anilines is 2. The lowest BCUT2D eigenvalue weighted by atomic mass is 10.2. The van der Waals surface area contributed by atoms with E-state index in [-0.39, 0.29) is 5.91 Å². The third-order valence-corrected chi connectivity index (χ3v) is 3.73. The van der Waals surface area contributed by atoms with Crippen LogP contribution in [0.2, 0.25) is 10.0 Å². The van der Waals surface area contributed by atoms with E-state index < -0.39 is 11.8 Å². The second kappa shape index (κ2) is 8.98. The maximum Gasteiger partial charge on any atom is 0.329 e. The van der Waals surface area contributed by atoms with E-state index in [9.17, 15) is 14.4 Å². The van der Waals surface area contributed by atoms with Crippen LogP contribution in [0.3, 0.4) is 0 Å². The van der Waals surface area contributed by atoms with E-state index in [2.05, 4.69) is 21.2 Å². The lowest BCUT2D eigenvalue weighted by Crippen LogP contribution is -2.32. The number of hydrogen-bond donors (Lipinski definition) is 3. The fourth-order valence-corrected chi connectivity index (χ4v) is 2.14. The first-order chi connectivity index (χ1) is 12.3. The Morgan fingerprint density at radius 1 is 0.885 bits per heavy atom. The van der Waals surface area contributed by atoms with E-state index in [0.717, 1.165) is 0 Å². The Balaban J connectivity index is 1.88. The number of benzene rings is 2. The van der Waals surface area contributed by atoms with E-state index in [1.54, 1.807) is 42.5 Å². The summed E-state index contributed by atoms with van der Waals surface area (Å²) in [4.78, 5) is 34.5. The number of hydrazone groups is 1. The molecule has 2 aromatic rings. The van der Waals surface area contributed by atoms with Crippen molar-refractivity contribution >= 4 is 58.5 Å². The predicted molar refractivity (Wildman–Crippen MR) is 102 cm³/mol. The molecule has 0 saturated heterocycles. The number of carbonyl (C=O) groups is 3. The number of rotatable bonds is 4. The monoisotopic (exact) mass is 392 g/mol. The third-order valence-electron chi connectivity index (χ3n) is 2.99. The molecule has 0 heterocycles. The minimum atomic E-state index is -0.938. The summed E-state index contributed by atoms with van der Waals surface area (Å²) >= 11 is 11.7. The summed E-state index contributed by atoms with van der Waals surface area (Å²) in [5.74, 6) is -2.03. The number of carbonyl (C=O) groups excluding carboxylic acids is 3. The highest BCUT2D eigenvalue weighted by Crippen LogP contribution is 2.21. The molecule has 0 radical (unpaired) electrons. The second-order valence-corrected chi connectivity index (χ2v) is 5.90. The smallest absolute Gasteiger partial charge is 0.326 e. The molecule has 3 N–H and O–H groups in total. The maximum absolute atomic E-state index is 11.8. The maximum atomic E-state index is 11.8. The molecule has 0 spiro atoms. The first-order valence-corrected chi connectivity index (χ1v) is 8.08. The number of nitrogens with zero attached hydrogens (tertiary/aromatic N) is 1. The largest absolute Gasteiger partial charge is 0.329 e. The molecule has 0 aliphatic carbocycles. The van der Waals surface area contributed by atoms with Crippen LogP contribution in [0.5, 0.6) is 0 Å². The van der Waals surface area contributed by atoms with Gasteiger partial charge in [0, 0.05) is 18.3 Å². The van der Waals surface area contributed by atoms with Crippen LogP contribution in [-0.2, 0) is 14.4 Å². The molecule has 7 nitrogen and oxygen atoms in total. The molecule has 0 aliphatic heterocycles. The summed E-state index contributed by atoms with van der Waals surface area (Å²) in [6.07, 6.45) is 1.33. The standard InChI is InChI=1S/C17H14Cl2N4O3/c1-10(24)21-12-3-5-13(6-4-12)22-16(25)17(26)23-20-9-11-2-7-14(18)15(19)8-11/h2-9H,1H3,(H,21,24)(H,22,25)(H,23,26)/b20-9+. The Morgan fingerprint density at radius 3 is 2.08 bits per heavy atom. The lowest BCUT2D eigenvalue weighted by molar-refractivity contribution is -0.136. The Bertz CT molecular complexity index is 867. The van der Waals surface area contributed by atoms with Crippen LogP contribution in [0.25, 0.3) is 0 Å². The van der Waals surface area contributed by atoms with Crippen LogP contribution in [0.15, 0.2) is 47.6 Å². The lowest BCUT2D eigenvalue weighted by Gasteiger charge is -2.06. The van der Waals surface area contributed by atoms with Gasteiger partial charge in [-0.15, -0.1) is 0 Å². The van der Waals surface area contributed by atoms with E-state index in [0.29, 0.717) is 27.0 Å². The summed E-state index contributed by atoms with van der Waals surface area (Å²) in [6, 6.07) is 11.1. The second-order valence-electron chi connectivity index (χ2n) is 5.09. The van der Waals surface area contributed by atoms with Crippen molar-refractivity contribution in [1.82, 2.24) is 5.43 Å². The normalized spacial score (nSPS) is 10.4. The van der Waals surface area contributed by atoms with Crippen molar-refractivity contribution < 1.29 is 14.4 Å². The summed E-state index contributed by atoms with van der Waals surface area (Å²) in [5.41, 5.74) is 3.68. The predicted octanol–water partition coefficient (Wildman–Crippen LogP) is 3.04. The van der Waals surface area contributed by atoms with Gasteiger partial charge in [-0.2, -0.15) is 5.10 Å². The van der Waals surface area contributed by atoms with Crippen LogP contribution in [-0.4, -0.2) is 23.9 Å². The van der Waals surface area contributed by atoms with E-state index in [1.165, 1.54) is 13.1 Å². The molecule has 26 heavy (non-hydrogen) atoms. The molecular formula is C17H14Cl2N4O3. The Labute approximate surface area is 159 Å². The first-order valence-electron chi connectivity index (χ1n) is 7.32. The minimum absolute atomic E-state index is 0.207. The molecule has 3 amide bonds. The molecule has 0 atom stereocenters. The fraction of sp³-hybridized carbons (Fsp3) is 0.0588. The molecular weight excluding hydrogens is 379 g/mol. The van der Waals surface area contributed by atoms with E-state index in [1.807, 2.05) is 0 Å². The van der Waals surface area contributed by atoms with Crippen molar-refractivity contribution in [2.75, 3.05) is 10.6 Å². The van der Waals surface area contributed by atoms with Gasteiger partial charge in [-0.3, -0.25) is 14.4 Å². The zero-order chi connectivity index (χ0) is 19.1. The molecule has 9 heteroatoms. The zero-order valence-corrected chi connectivity index (χ0v) is 15.1. The zero-order valence-electron chi connectivity index (χ0n) is 13.5. The van der Waals surface area contributed by atoms with Gasteiger partial charge >= 0.3 is 11.8 Å². The Hall–Kier alpha value is -2.90. The van der Waals surface area contributed by atoms with Gasteiger partial charge in [0.25, 0.3) is 0 Å². The van der Waals surface area contributed by atoms with E-state index >= 15 is 0 Å². The highest BCUT2D eigenvalue weighted by atomic mass is 35.5. The molecule has 0 aromatic heterocycles. The van der Waals surface area contributed by atoms with Crippen LogP contribution in [0, 0.1) is 0 Å². The molecule has 2 aromatic carbocycles. The van der Waals surface area contributed by atoms with Gasteiger partial charge in [0.2, 0.25) is 5.91 Å². The summed E-state index contributed by atoms with van der Waals surface area (Å²) in [6.45, 7) is 1.39. The van der Waals surface area contributed by atoms with Crippen LogP contribution >= 0.6 is 23.2 Å². The number of amides is 3. The van der Waals surface area contributed by atoms with Crippen LogP contribution in [0.4, 0.5) is 11.4 Å². The third kappa shape index (κ3) is 5.87. The van der Waals surface area contributed by atoms with Crippen molar-refractivity contribution in [3.63, 3.8) is 0 Å². The average molecular weight is 393 g/mol. The highest BCUT2D eigenvalue weighted by Gasteiger charge is 2.12. The fourth-order valence-electron chi connectivity index (χ4n) is 1.84. The van der Waals surface area contributed by atoms with Crippen molar-refractivity contribution in [2.45, 2.75) is 6.92 Å². The van der Waals surface area contributed by atoms with Gasteiger partial charge in [0.1, 0.15) is 0 Å². The molecule has 2 rings (SSSR count). The van der Waals surface area contributed by atoms with Gasteiger partial charge in [-0.05, 0) is 42.0 Å². The number of halogens is 2. The summed E-state index contributed by atoms with van der Waals surface area (Å²) in [5, 5.41) is 9.44. The van der Waals surface area contributed by atoms with Crippen molar-refractivity contribution in [1.29, 1.82) is 0 Å². The van der Waals surface area contributed by atoms with Gasteiger partial charge in [0.15, 0.2) is 0 Å². The molecule has 0 aliphatic rings. The Morgan fingerprint density at radius 2 is 1.50 bits per heavy atom. The van der Waals surface area contributed by atoms with Crippen molar-refractivity contribution in [3.05, 3.63) is 58.1 Å². The first kappa shape index (κ1) is 19.4. The number of nitrogens with one attached hydrogen (secondary N) is 3. The molecule has 134 valence electrons. The van der Waals surface area contributed by atoms with Crippen molar-refractivity contribution in [2.24, 2.45) is 5.10 Å². The summed E-state index contributed by atoms with van der Waals surface area (Å²) < 4.78 is 0. The Kier molecular flexibility index (Phi) is 6.71. The summed E-state index contributed by atoms with van der Waals surface area (Å²) in [7, 11) is 0. The average Bonchev–Trinajstić information content (AvgIpc) is 2.59. The minimum Gasteiger partial charge on any atom is -0.326 e. The van der Waals surface area contributed by atoms with Gasteiger partial charge in [0.05, 0.1) is 16.3 Å². The van der Waals surface area contributed by atoms with Gasteiger partial charge < -0.3 is 10.6 Å². The SMILES string of the molecule is CC(=O)Nc1ccc(NC(=O)C(=O)N/N=C/c2ccc(Cl)c(Cl)c2)cc1.